The van der Waals surface area contributed by atoms with Gasteiger partial charge in [-0.05, 0) is 11.6 Å². The van der Waals surface area contributed by atoms with Crippen LogP contribution >= 0.6 is 0 Å². The molecular weight excluding hydrogens is 234 g/mol. The van der Waals surface area contributed by atoms with Crippen LogP contribution in [0.15, 0.2) is 23.3 Å². The summed E-state index contributed by atoms with van der Waals surface area (Å²) in [5, 5.41) is 3.42. The maximum Gasteiger partial charge on any atom is 0.164 e. The monoisotopic (exact) mass is 249 g/mol. The van der Waals surface area contributed by atoms with Gasteiger partial charge in [-0.25, -0.2) is 0 Å². The minimum absolute atomic E-state index is 0.286. The van der Waals surface area contributed by atoms with E-state index >= 15 is 0 Å². The summed E-state index contributed by atoms with van der Waals surface area (Å²) in [6.45, 7) is 0.286. The minimum Gasteiger partial charge on any atom is -0.496 e. The highest BCUT2D eigenvalue weighted by molar-refractivity contribution is 5.63. The lowest BCUT2D eigenvalue weighted by atomic mass is 10.1. The fourth-order valence-corrected chi connectivity index (χ4v) is 1.45. The first-order valence-corrected chi connectivity index (χ1v) is 5.24. The van der Waals surface area contributed by atoms with Gasteiger partial charge in [-0.2, -0.15) is 0 Å². The van der Waals surface area contributed by atoms with Gasteiger partial charge < -0.3 is 14.2 Å². The second-order valence-corrected chi connectivity index (χ2v) is 3.26. The molecule has 0 spiro atoms. The van der Waals surface area contributed by atoms with Crippen molar-refractivity contribution in [2.45, 2.75) is 0 Å². The molecule has 0 bridgehead atoms. The third-order valence-corrected chi connectivity index (χ3v) is 2.28. The van der Waals surface area contributed by atoms with Crippen LogP contribution in [0.5, 0.6) is 17.2 Å². The van der Waals surface area contributed by atoms with Crippen LogP contribution in [0.1, 0.15) is 5.56 Å². The highest BCUT2D eigenvalue weighted by Crippen LogP contribution is 2.35. The Labute approximate surface area is 105 Å². The highest BCUT2D eigenvalue weighted by Gasteiger charge is 2.09. The Morgan fingerprint density at radius 1 is 1.11 bits per heavy atom. The molecule has 0 heterocycles. The largest absolute Gasteiger partial charge is 0.496 e. The molecule has 0 saturated heterocycles. The molecule has 0 saturated carbocycles. The van der Waals surface area contributed by atoms with E-state index in [1.807, 2.05) is 0 Å². The third-order valence-electron chi connectivity index (χ3n) is 2.28. The van der Waals surface area contributed by atoms with Crippen LogP contribution in [0, 0.1) is 0 Å². The molecule has 0 N–H and O–H groups in total. The maximum atomic E-state index is 8.18. The van der Waals surface area contributed by atoms with Crippen molar-refractivity contribution in [1.82, 2.24) is 0 Å². The Bertz CT molecular complexity index is 480. The Kier molecular flexibility index (Phi) is 5.41. The second-order valence-electron chi connectivity index (χ2n) is 3.26. The fourth-order valence-electron chi connectivity index (χ4n) is 1.45. The Morgan fingerprint density at radius 2 is 1.72 bits per heavy atom. The molecule has 6 nitrogen and oxygen atoms in total. The van der Waals surface area contributed by atoms with Gasteiger partial charge in [0.05, 0.1) is 21.3 Å². The summed E-state index contributed by atoms with van der Waals surface area (Å²) < 4.78 is 15.6. The summed E-state index contributed by atoms with van der Waals surface area (Å²) in [6.07, 6.45) is 3.54. The minimum atomic E-state index is 0.286. The molecule has 96 valence electrons. The zero-order valence-corrected chi connectivity index (χ0v) is 10.6. The van der Waals surface area contributed by atoms with E-state index in [0.717, 1.165) is 5.56 Å². The summed E-state index contributed by atoms with van der Waals surface area (Å²) in [6, 6.07) is 3.54. The van der Waals surface area contributed by atoms with Crippen LogP contribution in [0.25, 0.3) is 16.5 Å². The van der Waals surface area contributed by atoms with Crippen molar-refractivity contribution in [3.63, 3.8) is 0 Å². The van der Waals surface area contributed by atoms with Gasteiger partial charge in [-0.15, -0.1) is 0 Å². The van der Waals surface area contributed by atoms with Crippen LogP contribution in [-0.2, 0) is 0 Å². The van der Waals surface area contributed by atoms with E-state index in [1.165, 1.54) is 0 Å². The first-order chi connectivity index (χ1) is 8.76. The van der Waals surface area contributed by atoms with Crippen molar-refractivity contribution in [3.8, 4) is 17.2 Å². The topological polar surface area (TPSA) is 76.5 Å². The van der Waals surface area contributed by atoms with Gasteiger partial charge in [0, 0.05) is 23.1 Å². The summed E-state index contributed by atoms with van der Waals surface area (Å²) in [7, 11) is 4.71. The molecule has 1 aromatic rings. The second kappa shape index (κ2) is 7.09. The molecule has 0 fully saturated rings. The molecule has 0 aliphatic rings. The lowest BCUT2D eigenvalue weighted by Gasteiger charge is -2.12. The molecular formula is C12H15N3O3. The van der Waals surface area contributed by atoms with Crippen LogP contribution in [0.3, 0.4) is 0 Å². The van der Waals surface area contributed by atoms with E-state index in [4.69, 9.17) is 19.7 Å². The first kappa shape index (κ1) is 13.7. The standard InChI is InChI=1S/C12H15N3O3/c1-16-10-8-12(18-3)11(17-2)7-9(10)5-4-6-14-15-13/h4-5,7-8H,6H2,1-3H3. The fraction of sp³-hybridized carbons (Fsp3) is 0.333. The molecule has 1 aromatic carbocycles. The number of benzene rings is 1. The lowest BCUT2D eigenvalue weighted by molar-refractivity contribution is 0.348. The normalized spacial score (nSPS) is 9.94. The smallest absolute Gasteiger partial charge is 0.164 e. The van der Waals surface area contributed by atoms with Crippen LogP contribution in [0.2, 0.25) is 0 Å². The first-order valence-electron chi connectivity index (χ1n) is 5.24. The molecule has 0 aliphatic heterocycles. The number of azide groups is 1. The van der Waals surface area contributed by atoms with E-state index in [9.17, 15) is 0 Å². The van der Waals surface area contributed by atoms with Crippen molar-refractivity contribution >= 4 is 6.08 Å². The van der Waals surface area contributed by atoms with Crippen molar-refractivity contribution in [2.75, 3.05) is 27.9 Å². The molecule has 0 radical (unpaired) electrons. The van der Waals surface area contributed by atoms with Crippen LogP contribution < -0.4 is 14.2 Å². The average molecular weight is 249 g/mol. The molecule has 0 amide bonds. The molecule has 0 unspecified atom stereocenters. The van der Waals surface area contributed by atoms with Crippen molar-refractivity contribution in [3.05, 3.63) is 34.2 Å². The number of hydrogen-bond acceptors (Lipinski definition) is 4. The van der Waals surface area contributed by atoms with Gasteiger partial charge in [0.2, 0.25) is 0 Å². The van der Waals surface area contributed by atoms with Gasteiger partial charge in [0.1, 0.15) is 5.75 Å². The molecule has 0 aromatic heterocycles. The Hall–Kier alpha value is -2.33. The van der Waals surface area contributed by atoms with E-state index in [0.29, 0.717) is 17.2 Å². The predicted octanol–water partition coefficient (Wildman–Crippen LogP) is 3.04. The van der Waals surface area contributed by atoms with Gasteiger partial charge in [0.15, 0.2) is 11.5 Å². The molecule has 18 heavy (non-hydrogen) atoms. The summed E-state index contributed by atoms with van der Waals surface area (Å²) >= 11 is 0. The SMILES string of the molecule is COc1cc(OC)c(OC)cc1C=CCN=[N+]=[N-]. The zero-order valence-electron chi connectivity index (χ0n) is 10.6. The number of rotatable bonds is 6. The van der Waals surface area contributed by atoms with Gasteiger partial charge >= 0.3 is 0 Å². The molecule has 6 heteroatoms. The highest BCUT2D eigenvalue weighted by atomic mass is 16.5. The Morgan fingerprint density at radius 3 is 2.28 bits per heavy atom. The van der Waals surface area contributed by atoms with Crippen molar-refractivity contribution in [2.24, 2.45) is 5.11 Å². The van der Waals surface area contributed by atoms with Crippen LogP contribution in [0.4, 0.5) is 0 Å². The van der Waals surface area contributed by atoms with Gasteiger partial charge in [-0.3, -0.25) is 0 Å². The van der Waals surface area contributed by atoms with E-state index in [-0.39, 0.29) is 6.54 Å². The number of methoxy groups -OCH3 is 3. The zero-order chi connectivity index (χ0) is 13.4. The van der Waals surface area contributed by atoms with Crippen molar-refractivity contribution in [1.29, 1.82) is 0 Å². The van der Waals surface area contributed by atoms with E-state index in [2.05, 4.69) is 10.0 Å². The third kappa shape index (κ3) is 3.33. The number of hydrogen-bond donors (Lipinski definition) is 0. The van der Waals surface area contributed by atoms with Gasteiger partial charge in [0.25, 0.3) is 0 Å². The van der Waals surface area contributed by atoms with E-state index in [1.54, 1.807) is 45.6 Å². The quantitative estimate of drug-likeness (QED) is 0.441. The predicted molar refractivity (Wildman–Crippen MR) is 69.1 cm³/mol. The molecule has 0 atom stereocenters. The summed E-state index contributed by atoms with van der Waals surface area (Å²) in [5.41, 5.74) is 9.00. The summed E-state index contributed by atoms with van der Waals surface area (Å²) in [4.78, 5) is 2.67. The number of ether oxygens (including phenoxy) is 3. The molecule has 0 aliphatic carbocycles. The Balaban J connectivity index is 3.08. The van der Waals surface area contributed by atoms with Gasteiger partial charge in [-0.1, -0.05) is 17.3 Å². The number of nitrogens with zero attached hydrogens (tertiary/aromatic N) is 3. The average Bonchev–Trinajstić information content (AvgIpc) is 2.42. The molecule has 1 rings (SSSR count). The summed E-state index contributed by atoms with van der Waals surface area (Å²) in [5.74, 6) is 1.87. The van der Waals surface area contributed by atoms with Crippen LogP contribution in [-0.4, -0.2) is 27.9 Å². The van der Waals surface area contributed by atoms with Crippen molar-refractivity contribution < 1.29 is 14.2 Å². The lowest BCUT2D eigenvalue weighted by Crippen LogP contribution is -1.94. The van der Waals surface area contributed by atoms with E-state index < -0.39 is 0 Å². The maximum absolute atomic E-state index is 8.18.